The molecule has 2 unspecified atom stereocenters. The topological polar surface area (TPSA) is 48.9 Å². The van der Waals surface area contributed by atoms with E-state index in [4.69, 9.17) is 0 Å². The zero-order chi connectivity index (χ0) is 20.1. The van der Waals surface area contributed by atoms with E-state index in [-0.39, 0.29) is 41.7 Å². The van der Waals surface area contributed by atoms with Crippen LogP contribution in [0.3, 0.4) is 0 Å². The first-order chi connectivity index (χ1) is 13.4. The molecule has 1 aliphatic carbocycles. The lowest BCUT2D eigenvalue weighted by molar-refractivity contribution is -0.274. The van der Waals surface area contributed by atoms with Crippen LogP contribution in [0.2, 0.25) is 0 Å². The molecule has 1 saturated heterocycles. The van der Waals surface area contributed by atoms with Gasteiger partial charge in [0.2, 0.25) is 0 Å². The number of halogens is 4. The molecule has 2 N–H and O–H groups in total. The van der Waals surface area contributed by atoms with Crippen LogP contribution in [-0.4, -0.2) is 56.0 Å². The maximum absolute atomic E-state index is 12.6. The highest BCUT2D eigenvalue weighted by atomic mass is 127. The summed E-state index contributed by atoms with van der Waals surface area (Å²) in [6.45, 7) is 5.50. The smallest absolute Gasteiger partial charge is 0.405 e. The molecule has 9 heteroatoms. The van der Waals surface area contributed by atoms with Crippen molar-refractivity contribution in [2.75, 3.05) is 26.7 Å². The number of aliphatic imine (C=N–C) groups is 1. The minimum Gasteiger partial charge on any atom is -0.405 e. The van der Waals surface area contributed by atoms with Gasteiger partial charge in [0.25, 0.3) is 0 Å². The van der Waals surface area contributed by atoms with Gasteiger partial charge >= 0.3 is 6.36 Å². The summed E-state index contributed by atoms with van der Waals surface area (Å²) in [4.78, 5) is 6.77. The van der Waals surface area contributed by atoms with E-state index in [0.29, 0.717) is 11.6 Å². The molecule has 2 fully saturated rings. The Bertz CT molecular complexity index is 678. The highest BCUT2D eigenvalue weighted by Crippen LogP contribution is 2.45. The zero-order valence-corrected chi connectivity index (χ0v) is 19.2. The number of benzene rings is 1. The van der Waals surface area contributed by atoms with Crippen LogP contribution in [0.15, 0.2) is 29.3 Å². The highest BCUT2D eigenvalue weighted by molar-refractivity contribution is 14.0. The molecule has 5 nitrogen and oxygen atoms in total. The third-order valence-corrected chi connectivity index (χ3v) is 5.35. The van der Waals surface area contributed by atoms with Gasteiger partial charge in [-0.3, -0.25) is 4.99 Å². The Morgan fingerprint density at radius 2 is 1.90 bits per heavy atom. The number of nitrogens with zero attached hydrogens (tertiary/aromatic N) is 2. The molecule has 1 aliphatic heterocycles. The predicted molar refractivity (Wildman–Crippen MR) is 119 cm³/mol. The summed E-state index contributed by atoms with van der Waals surface area (Å²) < 4.78 is 42.1. The fourth-order valence-corrected chi connectivity index (χ4v) is 3.86. The number of likely N-dealkylation sites (tertiary alicyclic amines) is 1. The fraction of sp³-hybridized carbons (Fsp3) is 0.650. The molecule has 0 spiro atoms. The van der Waals surface area contributed by atoms with Crippen LogP contribution in [0.5, 0.6) is 5.75 Å². The van der Waals surface area contributed by atoms with Crippen molar-refractivity contribution in [1.82, 2.24) is 15.5 Å². The van der Waals surface area contributed by atoms with Gasteiger partial charge in [-0.15, -0.1) is 37.1 Å². The predicted octanol–water partition coefficient (Wildman–Crippen LogP) is 4.10. The molecule has 0 radical (unpaired) electrons. The van der Waals surface area contributed by atoms with Crippen LogP contribution in [0.4, 0.5) is 13.2 Å². The molecule has 0 bridgehead atoms. The van der Waals surface area contributed by atoms with E-state index in [1.165, 1.54) is 12.5 Å². The fourth-order valence-electron chi connectivity index (χ4n) is 3.86. The van der Waals surface area contributed by atoms with Crippen LogP contribution in [0.1, 0.15) is 44.1 Å². The number of para-hydroxylation sites is 1. The van der Waals surface area contributed by atoms with Gasteiger partial charge in [-0.2, -0.15) is 0 Å². The Labute approximate surface area is 187 Å². The van der Waals surface area contributed by atoms with Crippen LogP contribution in [0.25, 0.3) is 0 Å². The SMILES string of the molecule is CCCN1CCC(NC(=NC)NC2CC2c2ccccc2OC(F)(F)F)CC1.I. The maximum Gasteiger partial charge on any atom is 0.573 e. The molecule has 1 aromatic rings. The first-order valence-electron chi connectivity index (χ1n) is 9.96. The number of alkyl halides is 3. The Morgan fingerprint density at radius 3 is 2.52 bits per heavy atom. The number of hydrogen-bond donors (Lipinski definition) is 2. The summed E-state index contributed by atoms with van der Waals surface area (Å²) in [5.41, 5.74) is 0.584. The summed E-state index contributed by atoms with van der Waals surface area (Å²) in [7, 11) is 1.72. The zero-order valence-electron chi connectivity index (χ0n) is 16.8. The summed E-state index contributed by atoms with van der Waals surface area (Å²) in [5, 5.41) is 6.82. The van der Waals surface area contributed by atoms with Crippen molar-refractivity contribution in [2.45, 2.75) is 57.0 Å². The van der Waals surface area contributed by atoms with Crippen molar-refractivity contribution in [1.29, 1.82) is 0 Å². The van der Waals surface area contributed by atoms with Gasteiger partial charge in [0, 0.05) is 38.1 Å². The standard InChI is InChI=1S/C20H29F3N4O.HI/c1-3-10-27-11-8-14(9-12-27)25-19(24-2)26-17-13-16(17)15-6-4-5-7-18(15)28-20(21,22)23;/h4-7,14,16-17H,3,8-13H2,1-2H3,(H2,24,25,26);1H. The lowest BCUT2D eigenvalue weighted by Gasteiger charge is -2.32. The number of rotatable bonds is 6. The first kappa shape index (κ1) is 24.0. The second-order valence-corrected chi connectivity index (χ2v) is 7.51. The van der Waals surface area contributed by atoms with E-state index in [1.54, 1.807) is 25.2 Å². The minimum absolute atomic E-state index is 0. The molecule has 164 valence electrons. The van der Waals surface area contributed by atoms with Crippen molar-refractivity contribution >= 4 is 29.9 Å². The van der Waals surface area contributed by atoms with Crippen LogP contribution >= 0.6 is 24.0 Å². The molecular formula is C20H30F3IN4O. The molecule has 0 aromatic heterocycles. The summed E-state index contributed by atoms with van der Waals surface area (Å²) in [6, 6.07) is 6.80. The van der Waals surface area contributed by atoms with Crippen LogP contribution in [-0.2, 0) is 0 Å². The van der Waals surface area contributed by atoms with Gasteiger partial charge in [-0.1, -0.05) is 25.1 Å². The summed E-state index contributed by atoms with van der Waals surface area (Å²) >= 11 is 0. The van der Waals surface area contributed by atoms with E-state index in [0.717, 1.165) is 44.9 Å². The molecule has 2 atom stereocenters. The molecule has 29 heavy (non-hydrogen) atoms. The third kappa shape index (κ3) is 7.20. The van der Waals surface area contributed by atoms with Gasteiger partial charge in [0.1, 0.15) is 5.75 Å². The average molecular weight is 526 g/mol. The van der Waals surface area contributed by atoms with Crippen LogP contribution < -0.4 is 15.4 Å². The maximum atomic E-state index is 12.6. The van der Waals surface area contributed by atoms with Gasteiger partial charge in [0.15, 0.2) is 5.96 Å². The largest absolute Gasteiger partial charge is 0.573 e. The minimum atomic E-state index is -4.68. The number of nitrogens with one attached hydrogen (secondary N) is 2. The lowest BCUT2D eigenvalue weighted by atomic mass is 10.1. The van der Waals surface area contributed by atoms with E-state index >= 15 is 0 Å². The van der Waals surface area contributed by atoms with Crippen LogP contribution in [0, 0.1) is 0 Å². The van der Waals surface area contributed by atoms with Gasteiger partial charge in [-0.05, 0) is 43.9 Å². The Kier molecular flexibility index (Phi) is 8.87. The highest BCUT2D eigenvalue weighted by Gasteiger charge is 2.42. The summed E-state index contributed by atoms with van der Waals surface area (Å²) in [5.74, 6) is 0.592. The van der Waals surface area contributed by atoms with E-state index in [1.807, 2.05) is 0 Å². The molecule has 2 aliphatic rings. The van der Waals surface area contributed by atoms with Crippen molar-refractivity contribution in [2.24, 2.45) is 4.99 Å². The van der Waals surface area contributed by atoms with E-state index in [2.05, 4.69) is 32.2 Å². The Balaban J connectivity index is 0.00000300. The molecule has 3 rings (SSSR count). The average Bonchev–Trinajstić information content (AvgIpc) is 3.41. The van der Waals surface area contributed by atoms with Crippen molar-refractivity contribution < 1.29 is 17.9 Å². The molecule has 0 amide bonds. The number of piperidine rings is 1. The number of ether oxygens (including phenoxy) is 1. The van der Waals surface area contributed by atoms with Gasteiger partial charge in [0.05, 0.1) is 0 Å². The second-order valence-electron chi connectivity index (χ2n) is 7.51. The third-order valence-electron chi connectivity index (χ3n) is 5.35. The van der Waals surface area contributed by atoms with Crippen molar-refractivity contribution in [3.8, 4) is 5.75 Å². The Morgan fingerprint density at radius 1 is 1.21 bits per heavy atom. The Hall–Kier alpha value is -1.23. The quantitative estimate of drug-likeness (QED) is 0.333. The number of hydrogen-bond acceptors (Lipinski definition) is 3. The van der Waals surface area contributed by atoms with Crippen molar-refractivity contribution in [3.05, 3.63) is 29.8 Å². The van der Waals surface area contributed by atoms with Gasteiger partial charge in [-0.25, -0.2) is 0 Å². The van der Waals surface area contributed by atoms with Crippen molar-refractivity contribution in [3.63, 3.8) is 0 Å². The summed E-state index contributed by atoms with van der Waals surface area (Å²) in [6.07, 6.45) is -0.621. The van der Waals surface area contributed by atoms with E-state index in [9.17, 15) is 13.2 Å². The first-order valence-corrected chi connectivity index (χ1v) is 9.96. The monoisotopic (exact) mass is 526 g/mol. The number of guanidine groups is 1. The lowest BCUT2D eigenvalue weighted by Crippen LogP contribution is -2.49. The second kappa shape index (κ2) is 10.7. The normalized spacial score (nSPS) is 23.3. The van der Waals surface area contributed by atoms with E-state index < -0.39 is 6.36 Å². The molecule has 1 saturated carbocycles. The molecular weight excluding hydrogens is 496 g/mol. The van der Waals surface area contributed by atoms with Gasteiger partial charge < -0.3 is 20.3 Å². The molecule has 1 heterocycles. The molecule has 1 aromatic carbocycles.